The molecule has 0 bridgehead atoms. The van der Waals surface area contributed by atoms with E-state index in [1.807, 2.05) is 22.9 Å². The fourth-order valence-electron chi connectivity index (χ4n) is 1.59. The zero-order chi connectivity index (χ0) is 13.7. The number of ketones is 1. The summed E-state index contributed by atoms with van der Waals surface area (Å²) in [6.45, 7) is 0. The zero-order valence-corrected chi connectivity index (χ0v) is 11.1. The van der Waals surface area contributed by atoms with Gasteiger partial charge in [-0.2, -0.15) is 16.6 Å². The van der Waals surface area contributed by atoms with Crippen LogP contribution in [0, 0.1) is 11.3 Å². The van der Waals surface area contributed by atoms with Crippen molar-refractivity contribution in [3.05, 3.63) is 57.8 Å². The van der Waals surface area contributed by atoms with Crippen LogP contribution in [0.1, 0.15) is 15.9 Å². The summed E-state index contributed by atoms with van der Waals surface area (Å²) in [6.07, 6.45) is 1.60. The summed E-state index contributed by atoms with van der Waals surface area (Å²) in [5.41, 5.74) is 1.42. The second kappa shape index (κ2) is 5.98. The highest BCUT2D eigenvalue weighted by molar-refractivity contribution is 7.08. The van der Waals surface area contributed by atoms with Gasteiger partial charge in [0.15, 0.2) is 0 Å². The van der Waals surface area contributed by atoms with Gasteiger partial charge in [-0.05, 0) is 40.6 Å². The number of thiophene rings is 1. The minimum absolute atomic E-state index is 0.117. The highest BCUT2D eigenvalue weighted by Crippen LogP contribution is 2.18. The number of nitriles is 1. The predicted molar refractivity (Wildman–Crippen MR) is 75.2 cm³/mol. The Kier molecular flexibility index (Phi) is 4.11. The standard InChI is InChI=1S/C15H11NO2S/c1-18-14-4-2-3-12(8-14)15(17)13(9-16)7-11-5-6-19-10-11/h2-8,10H,1H3/b13-7+. The highest BCUT2D eigenvalue weighted by Gasteiger charge is 2.12. The van der Waals surface area contributed by atoms with Gasteiger partial charge in [-0.3, -0.25) is 4.79 Å². The van der Waals surface area contributed by atoms with Gasteiger partial charge in [0, 0.05) is 5.56 Å². The van der Waals surface area contributed by atoms with Gasteiger partial charge < -0.3 is 4.74 Å². The number of nitrogens with zero attached hydrogens (tertiary/aromatic N) is 1. The van der Waals surface area contributed by atoms with Crippen LogP contribution in [0.3, 0.4) is 0 Å². The van der Waals surface area contributed by atoms with Crippen molar-refractivity contribution < 1.29 is 9.53 Å². The lowest BCUT2D eigenvalue weighted by Crippen LogP contribution is -2.02. The molecule has 0 amide bonds. The number of allylic oxidation sites excluding steroid dienone is 1. The second-order valence-electron chi connectivity index (χ2n) is 3.79. The zero-order valence-electron chi connectivity index (χ0n) is 10.3. The number of Topliss-reactive ketones (excluding diaryl/α,β-unsaturated/α-hetero) is 1. The molecule has 0 N–H and O–H groups in total. The molecule has 1 aromatic heterocycles. The third kappa shape index (κ3) is 3.09. The molecule has 94 valence electrons. The number of ether oxygens (including phenoxy) is 1. The molecule has 4 heteroatoms. The molecule has 1 heterocycles. The minimum Gasteiger partial charge on any atom is -0.497 e. The maximum Gasteiger partial charge on any atom is 0.203 e. The van der Waals surface area contributed by atoms with Gasteiger partial charge >= 0.3 is 0 Å². The molecule has 0 aliphatic heterocycles. The largest absolute Gasteiger partial charge is 0.497 e. The minimum atomic E-state index is -0.299. The Morgan fingerprint density at radius 3 is 2.89 bits per heavy atom. The number of carbonyl (C=O) groups excluding carboxylic acids is 1. The fraction of sp³-hybridized carbons (Fsp3) is 0.0667. The van der Waals surface area contributed by atoms with Crippen LogP contribution in [0.4, 0.5) is 0 Å². The smallest absolute Gasteiger partial charge is 0.203 e. The van der Waals surface area contributed by atoms with Crippen molar-refractivity contribution in [2.75, 3.05) is 7.11 Å². The van der Waals surface area contributed by atoms with Crippen LogP contribution in [-0.4, -0.2) is 12.9 Å². The van der Waals surface area contributed by atoms with Gasteiger partial charge in [0.25, 0.3) is 0 Å². The number of hydrogen-bond donors (Lipinski definition) is 0. The number of rotatable bonds is 4. The van der Waals surface area contributed by atoms with E-state index < -0.39 is 0 Å². The van der Waals surface area contributed by atoms with Gasteiger partial charge in [-0.15, -0.1) is 0 Å². The third-order valence-corrected chi connectivity index (χ3v) is 3.25. The number of hydrogen-bond acceptors (Lipinski definition) is 4. The SMILES string of the molecule is COc1cccc(C(=O)/C(C#N)=C/c2ccsc2)c1. The summed E-state index contributed by atoms with van der Waals surface area (Å²) in [4.78, 5) is 12.2. The van der Waals surface area contributed by atoms with Crippen LogP contribution in [0.25, 0.3) is 6.08 Å². The molecule has 0 aliphatic carbocycles. The Balaban J connectivity index is 2.34. The third-order valence-electron chi connectivity index (χ3n) is 2.55. The van der Waals surface area contributed by atoms with Crippen LogP contribution in [0.15, 0.2) is 46.7 Å². The number of carbonyl (C=O) groups is 1. The lowest BCUT2D eigenvalue weighted by molar-refractivity contribution is 0.103. The first-order valence-electron chi connectivity index (χ1n) is 5.57. The highest BCUT2D eigenvalue weighted by atomic mass is 32.1. The summed E-state index contributed by atoms with van der Waals surface area (Å²) in [5, 5.41) is 12.9. The van der Waals surface area contributed by atoms with Gasteiger partial charge in [0.05, 0.1) is 7.11 Å². The van der Waals surface area contributed by atoms with Crippen molar-refractivity contribution in [2.24, 2.45) is 0 Å². The fourth-order valence-corrected chi connectivity index (χ4v) is 2.21. The first kappa shape index (κ1) is 13.1. The first-order valence-corrected chi connectivity index (χ1v) is 6.51. The van der Waals surface area contributed by atoms with Crippen LogP contribution in [0.2, 0.25) is 0 Å². The Morgan fingerprint density at radius 2 is 2.26 bits per heavy atom. The molecule has 0 aliphatic rings. The van der Waals surface area contributed by atoms with E-state index in [0.29, 0.717) is 11.3 Å². The average Bonchev–Trinajstić information content (AvgIpc) is 2.97. The van der Waals surface area contributed by atoms with Gasteiger partial charge in [-0.25, -0.2) is 0 Å². The van der Waals surface area contributed by atoms with E-state index in [2.05, 4.69) is 0 Å². The molecule has 0 fully saturated rings. The normalized spacial score (nSPS) is 10.8. The molecule has 0 spiro atoms. The molecule has 0 unspecified atom stereocenters. The lowest BCUT2D eigenvalue weighted by atomic mass is 10.0. The monoisotopic (exact) mass is 269 g/mol. The molecule has 0 radical (unpaired) electrons. The van der Waals surface area contributed by atoms with Gasteiger partial charge in [0.2, 0.25) is 5.78 Å². The van der Waals surface area contributed by atoms with Gasteiger partial charge in [0.1, 0.15) is 17.4 Å². The average molecular weight is 269 g/mol. The van der Waals surface area contributed by atoms with E-state index in [1.54, 1.807) is 30.3 Å². The summed E-state index contributed by atoms with van der Waals surface area (Å²) in [6, 6.07) is 10.6. The van der Waals surface area contributed by atoms with Crippen molar-refractivity contribution in [3.63, 3.8) is 0 Å². The van der Waals surface area contributed by atoms with Crippen LogP contribution < -0.4 is 4.74 Å². The van der Waals surface area contributed by atoms with E-state index in [4.69, 9.17) is 10.00 Å². The Morgan fingerprint density at radius 1 is 1.42 bits per heavy atom. The van der Waals surface area contributed by atoms with E-state index in [-0.39, 0.29) is 11.4 Å². The van der Waals surface area contributed by atoms with Crippen molar-refractivity contribution in [1.29, 1.82) is 5.26 Å². The Labute approximate surface area is 115 Å². The summed E-state index contributed by atoms with van der Waals surface area (Å²) < 4.78 is 5.07. The summed E-state index contributed by atoms with van der Waals surface area (Å²) in [5.74, 6) is 0.297. The molecule has 2 aromatic rings. The summed E-state index contributed by atoms with van der Waals surface area (Å²) >= 11 is 1.52. The van der Waals surface area contributed by atoms with Crippen LogP contribution in [0.5, 0.6) is 5.75 Å². The number of benzene rings is 1. The van der Waals surface area contributed by atoms with Crippen LogP contribution >= 0.6 is 11.3 Å². The molecule has 0 atom stereocenters. The molecule has 0 saturated carbocycles. The second-order valence-corrected chi connectivity index (χ2v) is 4.57. The van der Waals surface area contributed by atoms with Gasteiger partial charge in [-0.1, -0.05) is 12.1 Å². The Bertz CT molecular complexity index is 651. The predicted octanol–water partition coefficient (Wildman–Crippen LogP) is 3.55. The number of methoxy groups -OCH3 is 1. The summed E-state index contributed by atoms with van der Waals surface area (Å²) in [7, 11) is 1.54. The lowest BCUT2D eigenvalue weighted by Gasteiger charge is -2.02. The quantitative estimate of drug-likeness (QED) is 0.484. The Hall–Kier alpha value is -2.38. The molecule has 19 heavy (non-hydrogen) atoms. The topological polar surface area (TPSA) is 50.1 Å². The van der Waals surface area contributed by atoms with Crippen molar-refractivity contribution in [3.8, 4) is 11.8 Å². The van der Waals surface area contributed by atoms with E-state index in [0.717, 1.165) is 5.56 Å². The van der Waals surface area contributed by atoms with E-state index in [9.17, 15) is 4.79 Å². The molecule has 1 aromatic carbocycles. The maximum atomic E-state index is 12.2. The van der Waals surface area contributed by atoms with E-state index >= 15 is 0 Å². The molecule has 2 rings (SSSR count). The molecule has 0 saturated heterocycles. The van der Waals surface area contributed by atoms with Crippen molar-refractivity contribution in [1.82, 2.24) is 0 Å². The van der Waals surface area contributed by atoms with Crippen molar-refractivity contribution in [2.45, 2.75) is 0 Å². The van der Waals surface area contributed by atoms with Crippen molar-refractivity contribution >= 4 is 23.2 Å². The van der Waals surface area contributed by atoms with Crippen LogP contribution in [-0.2, 0) is 0 Å². The molecular weight excluding hydrogens is 258 g/mol. The molecular formula is C15H11NO2S. The first-order chi connectivity index (χ1) is 9.24. The maximum absolute atomic E-state index is 12.2. The van der Waals surface area contributed by atoms with E-state index in [1.165, 1.54) is 18.4 Å². The molecule has 3 nitrogen and oxygen atoms in total.